The van der Waals surface area contributed by atoms with Crippen LogP contribution in [0.15, 0.2) is 59.9 Å². The fourth-order valence-corrected chi connectivity index (χ4v) is 3.63. The van der Waals surface area contributed by atoms with Crippen LogP contribution in [0.5, 0.6) is 11.5 Å². The van der Waals surface area contributed by atoms with Gasteiger partial charge in [0, 0.05) is 24.4 Å². The molecule has 5 nitrogen and oxygen atoms in total. The predicted octanol–water partition coefficient (Wildman–Crippen LogP) is 6.43. The topological polar surface area (TPSA) is 72.8 Å². The first-order valence-corrected chi connectivity index (χ1v) is 10.9. The molecule has 1 heterocycles. The van der Waals surface area contributed by atoms with E-state index in [0.29, 0.717) is 29.5 Å². The number of nitrogens with one attached hydrogen (secondary N) is 1. The summed E-state index contributed by atoms with van der Waals surface area (Å²) in [7, 11) is 0. The standard InChI is InChI=1S/C26H36N2O3/c1-17(2)9-7-10-18(3)11-8-12-19(4)13-14-28-23-15-22(29)16-24(30)25(23)27-21(6)20(5)26(28)31/h9,13,15-16,18,27,29-30H,5-8,10-12,14H2,1-4H3/b19-13+. The molecule has 0 fully saturated rings. The van der Waals surface area contributed by atoms with Gasteiger partial charge < -0.3 is 20.4 Å². The highest BCUT2D eigenvalue weighted by Gasteiger charge is 2.28. The Hall–Kier alpha value is -2.95. The Balaban J connectivity index is 2.04. The van der Waals surface area contributed by atoms with Gasteiger partial charge in [-0.05, 0) is 52.4 Å². The predicted molar refractivity (Wildman–Crippen MR) is 129 cm³/mol. The summed E-state index contributed by atoms with van der Waals surface area (Å²) in [6.45, 7) is 16.6. The molecular formula is C26H36N2O3. The lowest BCUT2D eigenvalue weighted by molar-refractivity contribution is -0.114. The number of carbonyl (C=O) groups excluding carboxylic acids is 1. The highest BCUT2D eigenvalue weighted by atomic mass is 16.3. The Labute approximate surface area is 186 Å². The second-order valence-corrected chi connectivity index (χ2v) is 8.76. The first kappa shape index (κ1) is 24.3. The van der Waals surface area contributed by atoms with Crippen molar-refractivity contribution in [2.75, 3.05) is 16.8 Å². The molecule has 1 aromatic rings. The maximum absolute atomic E-state index is 12.9. The van der Waals surface area contributed by atoms with Gasteiger partial charge in [0.1, 0.15) is 17.2 Å². The Bertz CT molecular complexity index is 907. The minimum absolute atomic E-state index is 0.114. The average Bonchev–Trinajstić information content (AvgIpc) is 2.77. The molecule has 2 rings (SSSR count). The van der Waals surface area contributed by atoms with Crippen molar-refractivity contribution in [1.29, 1.82) is 0 Å². The normalized spacial score (nSPS) is 15.3. The number of anilines is 2. The van der Waals surface area contributed by atoms with Crippen molar-refractivity contribution in [3.05, 3.63) is 59.9 Å². The zero-order valence-electron chi connectivity index (χ0n) is 19.3. The summed E-state index contributed by atoms with van der Waals surface area (Å²) >= 11 is 0. The monoisotopic (exact) mass is 424 g/mol. The van der Waals surface area contributed by atoms with E-state index in [0.717, 1.165) is 19.3 Å². The van der Waals surface area contributed by atoms with E-state index in [1.54, 1.807) is 0 Å². The fourth-order valence-electron chi connectivity index (χ4n) is 3.63. The van der Waals surface area contributed by atoms with Crippen molar-refractivity contribution in [2.24, 2.45) is 5.92 Å². The van der Waals surface area contributed by atoms with E-state index in [9.17, 15) is 15.0 Å². The Morgan fingerprint density at radius 1 is 1.16 bits per heavy atom. The number of hydrogen-bond donors (Lipinski definition) is 3. The van der Waals surface area contributed by atoms with E-state index < -0.39 is 0 Å². The third kappa shape index (κ3) is 6.78. The lowest BCUT2D eigenvalue weighted by Crippen LogP contribution is -2.31. The van der Waals surface area contributed by atoms with Gasteiger partial charge in [-0.15, -0.1) is 0 Å². The summed E-state index contributed by atoms with van der Waals surface area (Å²) < 4.78 is 0. The van der Waals surface area contributed by atoms with Gasteiger partial charge in [-0.3, -0.25) is 4.79 Å². The van der Waals surface area contributed by atoms with Crippen LogP contribution in [0.1, 0.15) is 59.8 Å². The Morgan fingerprint density at radius 3 is 2.55 bits per heavy atom. The molecule has 1 unspecified atom stereocenters. The third-order valence-electron chi connectivity index (χ3n) is 5.62. The molecule has 0 spiro atoms. The number of hydrogen-bond acceptors (Lipinski definition) is 4. The summed E-state index contributed by atoms with van der Waals surface area (Å²) in [5.41, 5.74) is 3.88. The fraction of sp³-hybridized carbons (Fsp3) is 0.423. The molecule has 1 aliphatic heterocycles. The molecule has 1 atom stereocenters. The molecule has 5 heteroatoms. The second-order valence-electron chi connectivity index (χ2n) is 8.76. The SMILES string of the molecule is C=C1Nc2c(O)cc(O)cc2N(C/C=C(\C)CCCC(C)CCC=C(C)C)C(=O)C1=C. The highest BCUT2D eigenvalue weighted by Crippen LogP contribution is 2.42. The van der Waals surface area contributed by atoms with Crippen molar-refractivity contribution in [3.8, 4) is 11.5 Å². The van der Waals surface area contributed by atoms with Crippen LogP contribution < -0.4 is 10.2 Å². The minimum Gasteiger partial charge on any atom is -0.508 e. The molecule has 0 bridgehead atoms. The lowest BCUT2D eigenvalue weighted by Gasteiger charge is -2.22. The van der Waals surface area contributed by atoms with Crippen molar-refractivity contribution < 1.29 is 15.0 Å². The summed E-state index contributed by atoms with van der Waals surface area (Å²) in [5.74, 6) is 0.121. The van der Waals surface area contributed by atoms with Gasteiger partial charge in [-0.1, -0.05) is 49.8 Å². The number of fused-ring (bicyclic) bond motifs is 1. The van der Waals surface area contributed by atoms with Crippen LogP contribution in [0.4, 0.5) is 11.4 Å². The lowest BCUT2D eigenvalue weighted by atomic mass is 9.97. The van der Waals surface area contributed by atoms with E-state index in [1.807, 2.05) is 6.08 Å². The maximum Gasteiger partial charge on any atom is 0.260 e. The van der Waals surface area contributed by atoms with Gasteiger partial charge in [0.25, 0.3) is 5.91 Å². The zero-order valence-corrected chi connectivity index (χ0v) is 19.3. The average molecular weight is 425 g/mol. The summed E-state index contributed by atoms with van der Waals surface area (Å²) in [6, 6.07) is 2.69. The maximum atomic E-state index is 12.9. The Kier molecular flexibility index (Phi) is 8.55. The quantitative estimate of drug-likeness (QED) is 0.185. The summed E-state index contributed by atoms with van der Waals surface area (Å²) in [6.07, 6.45) is 9.92. The number of benzene rings is 1. The number of aromatic hydroxyl groups is 2. The molecule has 1 aromatic carbocycles. The molecule has 0 aliphatic carbocycles. The molecule has 0 aromatic heterocycles. The van der Waals surface area contributed by atoms with Gasteiger partial charge in [-0.25, -0.2) is 0 Å². The molecule has 31 heavy (non-hydrogen) atoms. The molecule has 0 radical (unpaired) electrons. The molecular weight excluding hydrogens is 388 g/mol. The van der Waals surface area contributed by atoms with E-state index in [2.05, 4.69) is 52.2 Å². The van der Waals surface area contributed by atoms with Crippen molar-refractivity contribution in [2.45, 2.75) is 59.8 Å². The smallest absolute Gasteiger partial charge is 0.260 e. The van der Waals surface area contributed by atoms with Crippen LogP contribution in [-0.2, 0) is 4.79 Å². The van der Waals surface area contributed by atoms with Gasteiger partial charge in [0.05, 0.1) is 11.3 Å². The number of rotatable bonds is 9. The van der Waals surface area contributed by atoms with Crippen LogP contribution >= 0.6 is 0 Å². The molecule has 0 saturated carbocycles. The van der Waals surface area contributed by atoms with Crippen LogP contribution in [-0.4, -0.2) is 22.7 Å². The summed E-state index contributed by atoms with van der Waals surface area (Å²) in [5, 5.41) is 23.1. The first-order chi connectivity index (χ1) is 14.6. The van der Waals surface area contributed by atoms with Gasteiger partial charge in [0.15, 0.2) is 0 Å². The van der Waals surface area contributed by atoms with Gasteiger partial charge in [0.2, 0.25) is 0 Å². The molecule has 1 amide bonds. The molecule has 0 saturated heterocycles. The molecule has 3 N–H and O–H groups in total. The Morgan fingerprint density at radius 2 is 1.87 bits per heavy atom. The largest absolute Gasteiger partial charge is 0.508 e. The second kappa shape index (κ2) is 10.9. The minimum atomic E-state index is -0.307. The number of phenolic OH excluding ortho intramolecular Hbond substituents is 2. The van der Waals surface area contributed by atoms with Crippen LogP contribution in [0.25, 0.3) is 0 Å². The van der Waals surface area contributed by atoms with Crippen molar-refractivity contribution in [3.63, 3.8) is 0 Å². The van der Waals surface area contributed by atoms with Crippen molar-refractivity contribution in [1.82, 2.24) is 0 Å². The number of carbonyl (C=O) groups is 1. The first-order valence-electron chi connectivity index (χ1n) is 10.9. The number of nitrogens with zero attached hydrogens (tertiary/aromatic N) is 1. The highest BCUT2D eigenvalue weighted by molar-refractivity contribution is 6.12. The zero-order chi connectivity index (χ0) is 23.1. The van der Waals surface area contributed by atoms with E-state index in [1.165, 1.54) is 41.0 Å². The van der Waals surface area contributed by atoms with Crippen LogP contribution in [0.2, 0.25) is 0 Å². The number of amides is 1. The summed E-state index contributed by atoms with van der Waals surface area (Å²) in [4.78, 5) is 14.4. The van der Waals surface area contributed by atoms with E-state index in [4.69, 9.17) is 0 Å². The number of allylic oxidation sites excluding steroid dienone is 3. The van der Waals surface area contributed by atoms with Crippen molar-refractivity contribution >= 4 is 17.3 Å². The van der Waals surface area contributed by atoms with Crippen LogP contribution in [0, 0.1) is 5.92 Å². The van der Waals surface area contributed by atoms with E-state index in [-0.39, 0.29) is 23.0 Å². The number of phenols is 2. The van der Waals surface area contributed by atoms with Crippen LogP contribution in [0.3, 0.4) is 0 Å². The van der Waals surface area contributed by atoms with E-state index >= 15 is 0 Å². The third-order valence-corrected chi connectivity index (χ3v) is 5.62. The molecule has 168 valence electrons. The van der Waals surface area contributed by atoms with Gasteiger partial charge in [-0.2, -0.15) is 0 Å². The van der Waals surface area contributed by atoms with Gasteiger partial charge >= 0.3 is 0 Å². The molecule has 1 aliphatic rings.